The van der Waals surface area contributed by atoms with Crippen LogP contribution in [0.15, 0.2) is 72.8 Å². The molecule has 0 heterocycles. The van der Waals surface area contributed by atoms with Crippen molar-refractivity contribution in [3.63, 3.8) is 0 Å². The van der Waals surface area contributed by atoms with Crippen molar-refractivity contribution in [1.82, 2.24) is 5.32 Å². The highest BCUT2D eigenvalue weighted by atomic mass is 35.5. The molecule has 5 nitrogen and oxygen atoms in total. The molecule has 0 saturated carbocycles. The van der Waals surface area contributed by atoms with Crippen LogP contribution < -0.4 is 15.5 Å². The van der Waals surface area contributed by atoms with Gasteiger partial charge in [0, 0.05) is 35.1 Å². The van der Waals surface area contributed by atoms with Gasteiger partial charge in [0.05, 0.1) is 0 Å². The Balaban J connectivity index is 1.61. The first-order valence-corrected chi connectivity index (χ1v) is 11.5. The van der Waals surface area contributed by atoms with Crippen LogP contribution in [0.2, 0.25) is 5.02 Å². The van der Waals surface area contributed by atoms with Crippen LogP contribution in [-0.4, -0.2) is 25.0 Å². The van der Waals surface area contributed by atoms with Gasteiger partial charge in [0.2, 0.25) is 0 Å². The minimum atomic E-state index is -0.385. The number of carbonyl (C=O) groups is 2. The molecule has 0 spiro atoms. The first-order valence-electron chi connectivity index (χ1n) is 11.1. The third-order valence-corrected chi connectivity index (χ3v) is 5.55. The molecule has 0 unspecified atom stereocenters. The van der Waals surface area contributed by atoms with Crippen molar-refractivity contribution in [2.45, 2.75) is 32.6 Å². The smallest absolute Gasteiger partial charge is 0.326 e. The standard InChI is InChI=1S/C27H29ClFN3O2/c1-27(2,3)20-10-8-19(9-11-20)25(33)30-16-5-17-32(24-14-12-22(29)13-15-24)26(34)31-23-7-4-6-21(28)18-23/h4,6-15,18H,5,16-17H2,1-3H3,(H,30,33)(H,31,34). The molecule has 0 aliphatic heterocycles. The maximum Gasteiger partial charge on any atom is 0.326 e. The number of halogens is 2. The summed E-state index contributed by atoms with van der Waals surface area (Å²) in [5.74, 6) is -0.555. The van der Waals surface area contributed by atoms with Crippen molar-refractivity contribution >= 4 is 34.9 Å². The lowest BCUT2D eigenvalue weighted by molar-refractivity contribution is 0.0953. The molecule has 3 aromatic carbocycles. The van der Waals surface area contributed by atoms with Gasteiger partial charge in [-0.1, -0.05) is 50.6 Å². The Hall–Kier alpha value is -3.38. The third-order valence-electron chi connectivity index (χ3n) is 5.32. The summed E-state index contributed by atoms with van der Waals surface area (Å²) in [6, 6.07) is 19.7. The predicted octanol–water partition coefficient (Wildman–Crippen LogP) is 6.64. The highest BCUT2D eigenvalue weighted by Crippen LogP contribution is 2.22. The van der Waals surface area contributed by atoms with Crippen LogP contribution in [0.3, 0.4) is 0 Å². The number of rotatable bonds is 7. The van der Waals surface area contributed by atoms with Gasteiger partial charge in [-0.3, -0.25) is 9.69 Å². The fraction of sp³-hybridized carbons (Fsp3) is 0.259. The Morgan fingerprint density at radius 2 is 1.65 bits per heavy atom. The first-order chi connectivity index (χ1) is 16.1. The lowest BCUT2D eigenvalue weighted by Gasteiger charge is -2.23. The highest BCUT2D eigenvalue weighted by molar-refractivity contribution is 6.30. The summed E-state index contributed by atoms with van der Waals surface area (Å²) in [5.41, 5.74) is 2.86. The fourth-order valence-electron chi connectivity index (χ4n) is 3.39. The summed E-state index contributed by atoms with van der Waals surface area (Å²) < 4.78 is 13.4. The van der Waals surface area contributed by atoms with Gasteiger partial charge < -0.3 is 10.6 Å². The topological polar surface area (TPSA) is 61.4 Å². The molecule has 0 fully saturated rings. The summed E-state index contributed by atoms with van der Waals surface area (Å²) in [5, 5.41) is 6.21. The Morgan fingerprint density at radius 1 is 0.971 bits per heavy atom. The van der Waals surface area contributed by atoms with E-state index in [1.165, 1.54) is 17.0 Å². The Kier molecular flexibility index (Phi) is 8.29. The Labute approximate surface area is 204 Å². The average Bonchev–Trinajstić information content (AvgIpc) is 2.79. The minimum Gasteiger partial charge on any atom is -0.352 e. The normalized spacial score (nSPS) is 11.1. The van der Waals surface area contributed by atoms with Crippen molar-refractivity contribution in [3.8, 4) is 0 Å². The predicted molar refractivity (Wildman–Crippen MR) is 136 cm³/mol. The SMILES string of the molecule is CC(C)(C)c1ccc(C(=O)NCCCN(C(=O)Nc2cccc(Cl)c2)c2ccc(F)cc2)cc1. The van der Waals surface area contributed by atoms with Crippen LogP contribution in [0.5, 0.6) is 0 Å². The average molecular weight is 482 g/mol. The number of nitrogens with zero attached hydrogens (tertiary/aromatic N) is 1. The van der Waals surface area contributed by atoms with Gasteiger partial charge in [-0.25, -0.2) is 9.18 Å². The second-order valence-electron chi connectivity index (χ2n) is 9.01. The molecule has 7 heteroatoms. The van der Waals surface area contributed by atoms with Gasteiger partial charge in [0.15, 0.2) is 0 Å². The van der Waals surface area contributed by atoms with E-state index < -0.39 is 0 Å². The van der Waals surface area contributed by atoms with Crippen LogP contribution in [0.4, 0.5) is 20.6 Å². The lowest BCUT2D eigenvalue weighted by Crippen LogP contribution is -2.37. The van der Waals surface area contributed by atoms with Gasteiger partial charge in [-0.05, 0) is 72.0 Å². The Morgan fingerprint density at radius 3 is 2.26 bits per heavy atom. The van der Waals surface area contributed by atoms with Crippen molar-refractivity contribution in [3.05, 3.63) is 94.8 Å². The summed E-state index contributed by atoms with van der Waals surface area (Å²) in [6.45, 7) is 7.07. The molecule has 0 aliphatic carbocycles. The molecule has 0 atom stereocenters. The van der Waals surface area contributed by atoms with E-state index in [0.29, 0.717) is 41.5 Å². The van der Waals surface area contributed by atoms with Crippen LogP contribution in [0.25, 0.3) is 0 Å². The number of nitrogens with one attached hydrogen (secondary N) is 2. The van der Waals surface area contributed by atoms with Gasteiger partial charge in [-0.2, -0.15) is 0 Å². The summed E-state index contributed by atoms with van der Waals surface area (Å²) in [6.07, 6.45) is 0.506. The molecular weight excluding hydrogens is 453 g/mol. The van der Waals surface area contributed by atoms with Crippen molar-refractivity contribution in [1.29, 1.82) is 0 Å². The second kappa shape index (κ2) is 11.2. The number of hydrogen-bond donors (Lipinski definition) is 2. The number of urea groups is 1. The van der Waals surface area contributed by atoms with E-state index >= 15 is 0 Å². The fourth-order valence-corrected chi connectivity index (χ4v) is 3.58. The molecule has 3 rings (SSSR count). The quantitative estimate of drug-likeness (QED) is 0.372. The maximum atomic E-state index is 13.4. The zero-order valence-corrected chi connectivity index (χ0v) is 20.3. The molecule has 178 valence electrons. The second-order valence-corrected chi connectivity index (χ2v) is 9.44. The molecule has 3 aromatic rings. The Bertz CT molecular complexity index is 1130. The highest BCUT2D eigenvalue weighted by Gasteiger charge is 2.17. The largest absolute Gasteiger partial charge is 0.352 e. The van der Waals surface area contributed by atoms with Crippen LogP contribution in [0, 0.1) is 5.82 Å². The number of hydrogen-bond acceptors (Lipinski definition) is 2. The van der Waals surface area contributed by atoms with Gasteiger partial charge in [0.1, 0.15) is 5.82 Å². The lowest BCUT2D eigenvalue weighted by atomic mass is 9.87. The zero-order chi connectivity index (χ0) is 24.7. The summed E-state index contributed by atoms with van der Waals surface area (Å²) >= 11 is 6.01. The van der Waals surface area contributed by atoms with E-state index in [4.69, 9.17) is 11.6 Å². The number of amides is 3. The molecule has 0 aromatic heterocycles. The monoisotopic (exact) mass is 481 g/mol. The van der Waals surface area contributed by atoms with Crippen LogP contribution in [0.1, 0.15) is 43.1 Å². The summed E-state index contributed by atoms with van der Waals surface area (Å²) in [7, 11) is 0. The van der Waals surface area contributed by atoms with E-state index in [1.54, 1.807) is 36.4 Å². The van der Waals surface area contributed by atoms with Crippen molar-refractivity contribution in [2.24, 2.45) is 0 Å². The first kappa shape index (κ1) is 25.2. The summed E-state index contributed by atoms with van der Waals surface area (Å²) in [4.78, 5) is 27.0. The number of carbonyl (C=O) groups excluding carboxylic acids is 2. The molecule has 3 amide bonds. The zero-order valence-electron chi connectivity index (χ0n) is 19.6. The van der Waals surface area contributed by atoms with E-state index in [9.17, 15) is 14.0 Å². The number of benzene rings is 3. The molecule has 0 saturated heterocycles. The number of anilines is 2. The van der Waals surface area contributed by atoms with Crippen LogP contribution >= 0.6 is 11.6 Å². The molecular formula is C27H29ClFN3O2. The van der Waals surface area contributed by atoms with Gasteiger partial charge in [-0.15, -0.1) is 0 Å². The van der Waals surface area contributed by atoms with E-state index in [0.717, 1.165) is 5.56 Å². The van der Waals surface area contributed by atoms with Crippen molar-refractivity contribution < 1.29 is 14.0 Å². The molecule has 2 N–H and O–H groups in total. The minimum absolute atomic E-state index is 0.0183. The van der Waals surface area contributed by atoms with Crippen LogP contribution in [-0.2, 0) is 5.41 Å². The molecule has 0 radical (unpaired) electrons. The van der Waals surface area contributed by atoms with Gasteiger partial charge >= 0.3 is 6.03 Å². The maximum absolute atomic E-state index is 13.4. The van der Waals surface area contributed by atoms with E-state index in [2.05, 4.69) is 31.4 Å². The molecule has 34 heavy (non-hydrogen) atoms. The third kappa shape index (κ3) is 7.06. The van der Waals surface area contributed by atoms with E-state index in [1.807, 2.05) is 24.3 Å². The molecule has 0 bridgehead atoms. The molecule has 0 aliphatic rings. The van der Waals surface area contributed by atoms with E-state index in [-0.39, 0.29) is 23.2 Å². The van der Waals surface area contributed by atoms with Crippen molar-refractivity contribution in [2.75, 3.05) is 23.3 Å². The van der Waals surface area contributed by atoms with Gasteiger partial charge in [0.25, 0.3) is 5.91 Å².